The highest BCUT2D eigenvalue weighted by Crippen LogP contribution is 2.24. The van der Waals surface area contributed by atoms with E-state index in [1.54, 1.807) is 7.11 Å². The van der Waals surface area contributed by atoms with Gasteiger partial charge in [-0.15, -0.1) is 10.2 Å². The monoisotopic (exact) mass is 320 g/mol. The number of thioether (sulfide) groups is 1. The molecule has 118 valence electrons. The van der Waals surface area contributed by atoms with E-state index < -0.39 is 0 Å². The van der Waals surface area contributed by atoms with Crippen LogP contribution in [0.5, 0.6) is 5.75 Å². The van der Waals surface area contributed by atoms with Crippen LogP contribution in [-0.2, 0) is 11.8 Å². The van der Waals surface area contributed by atoms with Gasteiger partial charge in [-0.25, -0.2) is 0 Å². The Balaban J connectivity index is 2.03. The predicted octanol–water partition coefficient (Wildman–Crippen LogP) is 2.11. The second kappa shape index (κ2) is 7.84. The van der Waals surface area contributed by atoms with Crippen LogP contribution in [0.4, 0.5) is 0 Å². The van der Waals surface area contributed by atoms with E-state index in [1.807, 2.05) is 42.8 Å². The summed E-state index contributed by atoms with van der Waals surface area (Å²) in [5, 5.41) is 11.9. The highest BCUT2D eigenvalue weighted by molar-refractivity contribution is 7.99. The number of benzene rings is 1. The summed E-state index contributed by atoms with van der Waals surface area (Å²) in [4.78, 5) is 11.6. The molecule has 0 atom stereocenters. The van der Waals surface area contributed by atoms with Crippen LogP contribution >= 0.6 is 11.8 Å². The van der Waals surface area contributed by atoms with Gasteiger partial charge in [0.15, 0.2) is 11.0 Å². The van der Waals surface area contributed by atoms with Crippen molar-refractivity contribution in [3.63, 3.8) is 0 Å². The predicted molar refractivity (Wildman–Crippen MR) is 87.0 cm³/mol. The minimum absolute atomic E-state index is 0.0147. The van der Waals surface area contributed by atoms with Gasteiger partial charge in [0.2, 0.25) is 5.91 Å². The smallest absolute Gasteiger partial charge is 0.230 e. The Morgan fingerprint density at radius 1 is 1.32 bits per heavy atom. The van der Waals surface area contributed by atoms with E-state index in [-0.39, 0.29) is 5.91 Å². The summed E-state index contributed by atoms with van der Waals surface area (Å²) in [7, 11) is 3.53. The largest absolute Gasteiger partial charge is 0.497 e. The summed E-state index contributed by atoms with van der Waals surface area (Å²) in [6.07, 6.45) is 0.933. The van der Waals surface area contributed by atoms with Gasteiger partial charge in [0.1, 0.15) is 5.75 Å². The lowest BCUT2D eigenvalue weighted by molar-refractivity contribution is -0.118. The van der Waals surface area contributed by atoms with E-state index in [4.69, 9.17) is 4.74 Å². The maximum Gasteiger partial charge on any atom is 0.230 e. The molecule has 0 spiro atoms. The normalized spacial score (nSPS) is 10.5. The molecular formula is C15H20N4O2S. The Hall–Kier alpha value is -2.02. The van der Waals surface area contributed by atoms with Crippen LogP contribution in [0.3, 0.4) is 0 Å². The first-order valence-corrected chi connectivity index (χ1v) is 8.07. The lowest BCUT2D eigenvalue weighted by Crippen LogP contribution is -2.25. The molecule has 1 aromatic carbocycles. The van der Waals surface area contributed by atoms with Gasteiger partial charge in [-0.1, -0.05) is 18.7 Å². The zero-order chi connectivity index (χ0) is 15.9. The molecule has 1 heterocycles. The van der Waals surface area contributed by atoms with E-state index in [0.717, 1.165) is 28.7 Å². The molecule has 0 aliphatic heterocycles. The lowest BCUT2D eigenvalue weighted by Gasteiger charge is -2.05. The fourth-order valence-electron chi connectivity index (χ4n) is 1.88. The van der Waals surface area contributed by atoms with Crippen molar-refractivity contribution in [2.45, 2.75) is 18.5 Å². The lowest BCUT2D eigenvalue weighted by atomic mass is 10.2. The fraction of sp³-hybridized carbons (Fsp3) is 0.400. The number of carbonyl (C=O) groups excluding carboxylic acids is 1. The zero-order valence-corrected chi connectivity index (χ0v) is 13.8. The van der Waals surface area contributed by atoms with Gasteiger partial charge in [-0.3, -0.25) is 4.79 Å². The molecule has 0 aliphatic rings. The Labute approximate surface area is 134 Å². The van der Waals surface area contributed by atoms with Crippen molar-refractivity contribution < 1.29 is 9.53 Å². The maximum absolute atomic E-state index is 11.6. The molecular weight excluding hydrogens is 300 g/mol. The Bertz CT molecular complexity index is 625. The summed E-state index contributed by atoms with van der Waals surface area (Å²) < 4.78 is 7.03. The molecule has 6 nitrogen and oxygen atoms in total. The van der Waals surface area contributed by atoms with Gasteiger partial charge in [0.25, 0.3) is 0 Å². The SMILES string of the molecule is CCCNC(=O)CSc1nnc(-c2ccc(OC)cc2)n1C. The number of hydrogen-bond donors (Lipinski definition) is 1. The number of ether oxygens (including phenoxy) is 1. The van der Waals surface area contributed by atoms with Crippen LogP contribution in [-0.4, -0.2) is 40.1 Å². The quantitative estimate of drug-likeness (QED) is 0.791. The minimum atomic E-state index is 0.0147. The van der Waals surface area contributed by atoms with E-state index in [9.17, 15) is 4.79 Å². The first-order chi connectivity index (χ1) is 10.7. The van der Waals surface area contributed by atoms with Crippen molar-refractivity contribution in [3.8, 4) is 17.1 Å². The molecule has 1 amide bonds. The second-order valence-corrected chi connectivity index (χ2v) is 5.67. The standard InChI is InChI=1S/C15H20N4O2S/c1-4-9-16-13(20)10-22-15-18-17-14(19(15)2)11-5-7-12(21-3)8-6-11/h5-8H,4,9-10H2,1-3H3,(H,16,20). The number of methoxy groups -OCH3 is 1. The highest BCUT2D eigenvalue weighted by Gasteiger charge is 2.12. The molecule has 22 heavy (non-hydrogen) atoms. The molecule has 7 heteroatoms. The Morgan fingerprint density at radius 2 is 2.05 bits per heavy atom. The Morgan fingerprint density at radius 3 is 2.68 bits per heavy atom. The molecule has 0 saturated heterocycles. The molecule has 0 unspecified atom stereocenters. The zero-order valence-electron chi connectivity index (χ0n) is 13.0. The van der Waals surface area contributed by atoms with Gasteiger partial charge >= 0.3 is 0 Å². The number of carbonyl (C=O) groups is 1. The van der Waals surface area contributed by atoms with Gasteiger partial charge in [-0.2, -0.15) is 0 Å². The average molecular weight is 320 g/mol. The van der Waals surface area contributed by atoms with Gasteiger partial charge in [-0.05, 0) is 30.7 Å². The van der Waals surface area contributed by atoms with Crippen LogP contribution in [0, 0.1) is 0 Å². The Kier molecular flexibility index (Phi) is 5.83. The first-order valence-electron chi connectivity index (χ1n) is 7.09. The summed E-state index contributed by atoms with van der Waals surface area (Å²) in [6.45, 7) is 2.73. The summed E-state index contributed by atoms with van der Waals surface area (Å²) in [5.41, 5.74) is 0.957. The number of nitrogens with one attached hydrogen (secondary N) is 1. The molecule has 0 fully saturated rings. The van der Waals surface area contributed by atoms with Crippen molar-refractivity contribution in [1.82, 2.24) is 20.1 Å². The van der Waals surface area contributed by atoms with E-state index >= 15 is 0 Å². The van der Waals surface area contributed by atoms with Gasteiger partial charge < -0.3 is 14.6 Å². The summed E-state index contributed by atoms with van der Waals surface area (Å²) in [5.74, 6) is 1.92. The maximum atomic E-state index is 11.6. The number of aromatic nitrogens is 3. The number of amides is 1. The first kappa shape index (κ1) is 16.4. The van der Waals surface area contributed by atoms with Gasteiger partial charge in [0, 0.05) is 19.2 Å². The molecule has 0 saturated carbocycles. The van der Waals surface area contributed by atoms with Crippen molar-refractivity contribution in [1.29, 1.82) is 0 Å². The number of hydrogen-bond acceptors (Lipinski definition) is 5. The van der Waals surface area contributed by atoms with Crippen molar-refractivity contribution in [3.05, 3.63) is 24.3 Å². The van der Waals surface area contributed by atoms with Crippen molar-refractivity contribution >= 4 is 17.7 Å². The third kappa shape index (κ3) is 4.00. The van der Waals surface area contributed by atoms with E-state index in [1.165, 1.54) is 11.8 Å². The van der Waals surface area contributed by atoms with Crippen molar-refractivity contribution in [2.24, 2.45) is 7.05 Å². The summed E-state index contributed by atoms with van der Waals surface area (Å²) >= 11 is 1.38. The van der Waals surface area contributed by atoms with E-state index in [0.29, 0.717) is 12.3 Å². The third-order valence-corrected chi connectivity index (χ3v) is 4.11. The second-order valence-electron chi connectivity index (χ2n) is 4.73. The number of rotatable bonds is 7. The van der Waals surface area contributed by atoms with Gasteiger partial charge in [0.05, 0.1) is 12.9 Å². The molecule has 0 radical (unpaired) electrons. The third-order valence-electron chi connectivity index (χ3n) is 3.09. The molecule has 0 aliphatic carbocycles. The molecule has 0 bridgehead atoms. The van der Waals surface area contributed by atoms with Crippen LogP contribution in [0.25, 0.3) is 11.4 Å². The van der Waals surface area contributed by atoms with Crippen LogP contribution < -0.4 is 10.1 Å². The molecule has 2 aromatic rings. The fourth-order valence-corrected chi connectivity index (χ4v) is 2.62. The molecule has 1 aromatic heterocycles. The molecule has 2 rings (SSSR count). The van der Waals surface area contributed by atoms with Crippen LogP contribution in [0.15, 0.2) is 29.4 Å². The highest BCUT2D eigenvalue weighted by atomic mass is 32.2. The molecule has 1 N–H and O–H groups in total. The van der Waals surface area contributed by atoms with Crippen LogP contribution in [0.2, 0.25) is 0 Å². The average Bonchev–Trinajstić information content (AvgIpc) is 2.92. The van der Waals surface area contributed by atoms with Crippen molar-refractivity contribution in [2.75, 3.05) is 19.4 Å². The summed E-state index contributed by atoms with van der Waals surface area (Å²) in [6, 6.07) is 7.64. The van der Waals surface area contributed by atoms with Crippen LogP contribution in [0.1, 0.15) is 13.3 Å². The number of nitrogens with zero attached hydrogens (tertiary/aromatic N) is 3. The topological polar surface area (TPSA) is 69.0 Å². The minimum Gasteiger partial charge on any atom is -0.497 e. The van der Waals surface area contributed by atoms with E-state index in [2.05, 4.69) is 15.5 Å².